The van der Waals surface area contributed by atoms with Crippen molar-refractivity contribution >= 4 is 23.4 Å². The quantitative estimate of drug-likeness (QED) is 0.538. The molecule has 30 heavy (non-hydrogen) atoms. The van der Waals surface area contributed by atoms with Crippen LogP contribution in [0.2, 0.25) is 0 Å². The number of amides is 1. The van der Waals surface area contributed by atoms with E-state index >= 15 is 0 Å². The van der Waals surface area contributed by atoms with E-state index in [0.29, 0.717) is 19.0 Å². The van der Waals surface area contributed by atoms with Gasteiger partial charge in [-0.25, -0.2) is 14.2 Å². The van der Waals surface area contributed by atoms with E-state index in [1.165, 1.54) is 0 Å². The van der Waals surface area contributed by atoms with Crippen LogP contribution in [0.1, 0.15) is 25.7 Å². The highest BCUT2D eigenvalue weighted by molar-refractivity contribution is 5.95. The van der Waals surface area contributed by atoms with Crippen LogP contribution in [0.5, 0.6) is 0 Å². The van der Waals surface area contributed by atoms with Crippen molar-refractivity contribution in [2.45, 2.75) is 31.7 Å². The predicted molar refractivity (Wildman–Crippen MR) is 112 cm³/mol. The number of allylic oxidation sites excluding steroid dienone is 1. The highest BCUT2D eigenvalue weighted by Gasteiger charge is 2.32. The lowest BCUT2D eigenvalue weighted by Crippen LogP contribution is -2.40. The van der Waals surface area contributed by atoms with Gasteiger partial charge in [-0.2, -0.15) is 4.98 Å². The first-order valence-electron chi connectivity index (χ1n) is 10.1. The second-order valence-electron chi connectivity index (χ2n) is 7.56. The first-order valence-corrected chi connectivity index (χ1v) is 10.1. The zero-order valence-electron chi connectivity index (χ0n) is 16.5. The van der Waals surface area contributed by atoms with Gasteiger partial charge in [0.25, 0.3) is 5.91 Å². The van der Waals surface area contributed by atoms with E-state index in [-0.39, 0.29) is 29.4 Å². The number of hydrogen-bond donors (Lipinski definition) is 2. The van der Waals surface area contributed by atoms with Gasteiger partial charge in [-0.15, -0.1) is 0 Å². The first-order chi connectivity index (χ1) is 14.6. The summed E-state index contributed by atoms with van der Waals surface area (Å²) in [5.74, 6) is -0.0487. The number of nitrogens with one attached hydrogen (secondary N) is 2. The molecule has 2 N–H and O–H groups in total. The number of nitrogens with zero attached hydrogens (tertiary/aromatic N) is 4. The number of rotatable bonds is 7. The molecule has 0 radical (unpaired) electrons. The molecule has 1 aromatic heterocycles. The van der Waals surface area contributed by atoms with Crippen LogP contribution in [0.25, 0.3) is 4.85 Å². The Bertz CT molecular complexity index is 983. The van der Waals surface area contributed by atoms with Crippen LogP contribution in [0.3, 0.4) is 0 Å². The lowest BCUT2D eigenvalue weighted by molar-refractivity contribution is -0.127. The topological polar surface area (TPSA) is 74.5 Å². The lowest BCUT2D eigenvalue weighted by Gasteiger charge is -2.25. The molecule has 2 aliphatic rings. The zero-order valence-corrected chi connectivity index (χ0v) is 16.5. The van der Waals surface area contributed by atoms with Crippen LogP contribution in [0, 0.1) is 18.3 Å². The molecule has 4 rings (SSSR count). The number of benzene rings is 1. The molecule has 1 saturated heterocycles. The fraction of sp³-hybridized carbons (Fsp3) is 0.364. The van der Waals surface area contributed by atoms with Crippen molar-refractivity contribution < 1.29 is 9.18 Å². The Kier molecular flexibility index (Phi) is 5.89. The summed E-state index contributed by atoms with van der Waals surface area (Å²) in [6.45, 7) is 8.31. The normalized spacial score (nSPS) is 18.7. The number of aromatic nitrogens is 2. The van der Waals surface area contributed by atoms with Crippen molar-refractivity contribution in [1.29, 1.82) is 0 Å². The molecule has 7 nitrogen and oxygen atoms in total. The standard InChI is InChI=1S/C22H23FN6O/c1-24-19(12-15-9-10-15)21(30)29-11-5-8-17(29)13-25-20-18(23)14-26-22(28-20)27-16-6-3-2-4-7-16/h2-4,6-7,12,14-15,17H,5,8-11,13H2,(H2,25,26,27,28). The molecule has 1 amide bonds. The molecule has 1 saturated carbocycles. The number of anilines is 3. The van der Waals surface area contributed by atoms with E-state index in [4.69, 9.17) is 6.57 Å². The summed E-state index contributed by atoms with van der Waals surface area (Å²) < 4.78 is 14.2. The SMILES string of the molecule is [C-]#[N+]C(=CC1CC1)C(=O)N1CCCC1CNc1nc(Nc2ccccc2)ncc1F. The van der Waals surface area contributed by atoms with Crippen LogP contribution in [-0.4, -0.2) is 39.9 Å². The molecule has 1 aliphatic carbocycles. The second kappa shape index (κ2) is 8.91. The Labute approximate surface area is 174 Å². The molecular weight excluding hydrogens is 383 g/mol. The maximum absolute atomic E-state index is 14.2. The van der Waals surface area contributed by atoms with Crippen LogP contribution in [0.4, 0.5) is 21.8 Å². The molecular formula is C22H23FN6O. The summed E-state index contributed by atoms with van der Waals surface area (Å²) in [7, 11) is 0. The smallest absolute Gasteiger partial charge is 0.252 e. The van der Waals surface area contributed by atoms with E-state index in [1.54, 1.807) is 11.0 Å². The molecule has 8 heteroatoms. The van der Waals surface area contributed by atoms with Crippen LogP contribution < -0.4 is 10.6 Å². The van der Waals surface area contributed by atoms with Crippen molar-refractivity contribution in [2.24, 2.45) is 5.92 Å². The molecule has 154 valence electrons. The Balaban J connectivity index is 1.41. The summed E-state index contributed by atoms with van der Waals surface area (Å²) >= 11 is 0. The third-order valence-corrected chi connectivity index (χ3v) is 5.27. The van der Waals surface area contributed by atoms with Gasteiger partial charge in [0.1, 0.15) is 0 Å². The molecule has 1 aliphatic heterocycles. The molecule has 1 atom stereocenters. The monoisotopic (exact) mass is 406 g/mol. The molecule has 2 heterocycles. The Morgan fingerprint density at radius 3 is 2.83 bits per heavy atom. The minimum absolute atomic E-state index is 0.0849. The maximum atomic E-state index is 14.2. The third-order valence-electron chi connectivity index (χ3n) is 5.27. The number of carbonyl (C=O) groups excluding carboxylic acids is 1. The van der Waals surface area contributed by atoms with Gasteiger partial charge in [0.05, 0.1) is 12.8 Å². The van der Waals surface area contributed by atoms with E-state index in [1.807, 2.05) is 30.3 Å². The van der Waals surface area contributed by atoms with Crippen molar-refractivity contribution in [1.82, 2.24) is 14.9 Å². The number of halogens is 1. The van der Waals surface area contributed by atoms with Crippen LogP contribution in [0.15, 0.2) is 48.3 Å². The molecule has 0 bridgehead atoms. The number of likely N-dealkylation sites (tertiary alicyclic amines) is 1. The van der Waals surface area contributed by atoms with E-state index in [9.17, 15) is 9.18 Å². The Hall–Kier alpha value is -3.47. The second-order valence-corrected chi connectivity index (χ2v) is 7.56. The van der Waals surface area contributed by atoms with Crippen molar-refractivity contribution in [3.8, 4) is 0 Å². The molecule has 1 unspecified atom stereocenters. The van der Waals surface area contributed by atoms with Gasteiger partial charge >= 0.3 is 0 Å². The fourth-order valence-electron chi connectivity index (χ4n) is 3.52. The van der Waals surface area contributed by atoms with Crippen molar-refractivity contribution in [3.05, 3.63) is 65.5 Å². The van der Waals surface area contributed by atoms with Gasteiger partial charge in [-0.3, -0.25) is 4.79 Å². The van der Waals surface area contributed by atoms with Crippen molar-refractivity contribution in [3.63, 3.8) is 0 Å². The van der Waals surface area contributed by atoms with Gasteiger partial charge in [0.2, 0.25) is 11.6 Å². The molecule has 1 aromatic carbocycles. The van der Waals surface area contributed by atoms with Gasteiger partial charge < -0.3 is 15.5 Å². The zero-order chi connectivity index (χ0) is 20.9. The average Bonchev–Trinajstić information content (AvgIpc) is 3.47. The molecule has 2 aromatic rings. The summed E-state index contributed by atoms with van der Waals surface area (Å²) in [4.78, 5) is 26.2. The predicted octanol–water partition coefficient (Wildman–Crippen LogP) is 3.98. The lowest BCUT2D eigenvalue weighted by atomic mass is 10.2. The van der Waals surface area contributed by atoms with Gasteiger partial charge in [-0.05, 0) is 43.7 Å². The Morgan fingerprint density at radius 2 is 2.10 bits per heavy atom. The van der Waals surface area contributed by atoms with Gasteiger partial charge in [0, 0.05) is 24.8 Å². The van der Waals surface area contributed by atoms with Crippen LogP contribution >= 0.6 is 0 Å². The minimum Gasteiger partial charge on any atom is -0.365 e. The fourth-order valence-corrected chi connectivity index (χ4v) is 3.52. The Morgan fingerprint density at radius 1 is 1.30 bits per heavy atom. The van der Waals surface area contributed by atoms with E-state index in [0.717, 1.165) is 37.6 Å². The van der Waals surface area contributed by atoms with Crippen molar-refractivity contribution in [2.75, 3.05) is 23.7 Å². The first kappa shape index (κ1) is 19.8. The van der Waals surface area contributed by atoms with E-state index in [2.05, 4.69) is 25.4 Å². The molecule has 0 spiro atoms. The van der Waals surface area contributed by atoms with Gasteiger partial charge in [0.15, 0.2) is 11.6 Å². The third kappa shape index (κ3) is 4.74. The highest BCUT2D eigenvalue weighted by atomic mass is 19.1. The number of carbonyl (C=O) groups is 1. The summed E-state index contributed by atoms with van der Waals surface area (Å²) in [6.07, 6.45) is 6.67. The number of para-hydroxylation sites is 1. The highest BCUT2D eigenvalue weighted by Crippen LogP contribution is 2.32. The van der Waals surface area contributed by atoms with Gasteiger partial charge in [-0.1, -0.05) is 24.3 Å². The maximum Gasteiger partial charge on any atom is 0.252 e. The minimum atomic E-state index is -0.556. The summed E-state index contributed by atoms with van der Waals surface area (Å²) in [5.41, 5.74) is 1.00. The number of hydrogen-bond acceptors (Lipinski definition) is 5. The molecule has 2 fully saturated rings. The summed E-state index contributed by atoms with van der Waals surface area (Å²) in [5, 5.41) is 6.06. The van der Waals surface area contributed by atoms with E-state index < -0.39 is 5.82 Å². The van der Waals surface area contributed by atoms with Crippen LogP contribution in [-0.2, 0) is 4.79 Å². The average molecular weight is 406 g/mol. The summed E-state index contributed by atoms with van der Waals surface area (Å²) in [6, 6.07) is 9.29. The largest absolute Gasteiger partial charge is 0.365 e.